The highest BCUT2D eigenvalue weighted by Crippen LogP contribution is 2.38. The Bertz CT molecular complexity index is 878. The molecule has 31 heavy (non-hydrogen) atoms. The van der Waals surface area contributed by atoms with Crippen molar-refractivity contribution in [2.75, 3.05) is 37.6 Å². The van der Waals surface area contributed by atoms with Gasteiger partial charge in [-0.2, -0.15) is 0 Å². The predicted molar refractivity (Wildman–Crippen MR) is 119 cm³/mol. The van der Waals surface area contributed by atoms with E-state index in [1.807, 2.05) is 30.0 Å². The Morgan fingerprint density at radius 1 is 1.03 bits per heavy atom. The largest absolute Gasteiger partial charge is 0.341 e. The van der Waals surface area contributed by atoms with Gasteiger partial charge in [0.15, 0.2) is 5.78 Å². The number of amides is 2. The molecule has 0 bridgehead atoms. The molecule has 1 aromatic carbocycles. The van der Waals surface area contributed by atoms with E-state index in [0.717, 1.165) is 62.1 Å². The molecule has 5 rings (SSSR count). The maximum Gasteiger partial charge on any atom is 0.236 e. The number of nitrogens with zero attached hydrogens (tertiary/aromatic N) is 3. The summed E-state index contributed by atoms with van der Waals surface area (Å²) in [5, 5.41) is 0. The second kappa shape index (κ2) is 8.38. The van der Waals surface area contributed by atoms with E-state index >= 15 is 0 Å². The minimum absolute atomic E-state index is 0.119. The number of ketones is 1. The molecule has 2 amide bonds. The summed E-state index contributed by atoms with van der Waals surface area (Å²) in [6, 6.07) is 5.88. The van der Waals surface area contributed by atoms with E-state index in [9.17, 15) is 14.4 Å². The highest BCUT2D eigenvalue weighted by molar-refractivity contribution is 6.04. The number of fused-ring (bicyclic) bond motifs is 2. The van der Waals surface area contributed by atoms with Gasteiger partial charge in [0.25, 0.3) is 0 Å². The molecule has 0 spiro atoms. The van der Waals surface area contributed by atoms with E-state index in [-0.39, 0.29) is 23.6 Å². The summed E-state index contributed by atoms with van der Waals surface area (Å²) in [6.07, 6.45) is 6.55. The van der Waals surface area contributed by atoms with Crippen LogP contribution in [0.2, 0.25) is 0 Å². The SMILES string of the molecule is CCC(=O)c1ccc2c(c1)CC(=O)N2C1CCN(CC(=O)N2C[C@H]3CCC[C@H]3C2)CC1. The number of hydrogen-bond donors (Lipinski definition) is 0. The van der Waals surface area contributed by atoms with E-state index in [1.165, 1.54) is 19.3 Å². The smallest absolute Gasteiger partial charge is 0.236 e. The van der Waals surface area contributed by atoms with E-state index in [4.69, 9.17) is 0 Å². The van der Waals surface area contributed by atoms with Gasteiger partial charge in [-0.25, -0.2) is 0 Å². The van der Waals surface area contributed by atoms with E-state index < -0.39 is 0 Å². The summed E-state index contributed by atoms with van der Waals surface area (Å²) in [4.78, 5) is 43.9. The summed E-state index contributed by atoms with van der Waals surface area (Å²) < 4.78 is 0. The molecule has 0 unspecified atom stereocenters. The van der Waals surface area contributed by atoms with Crippen molar-refractivity contribution in [2.45, 2.75) is 57.9 Å². The number of carbonyl (C=O) groups is 3. The van der Waals surface area contributed by atoms with Crippen LogP contribution >= 0.6 is 0 Å². The van der Waals surface area contributed by atoms with Gasteiger partial charge >= 0.3 is 0 Å². The molecule has 3 fully saturated rings. The topological polar surface area (TPSA) is 60.9 Å². The molecule has 166 valence electrons. The Labute approximate surface area is 184 Å². The lowest BCUT2D eigenvalue weighted by atomic mass is 10.0. The van der Waals surface area contributed by atoms with Crippen LogP contribution in [0.15, 0.2) is 18.2 Å². The van der Waals surface area contributed by atoms with E-state index in [1.54, 1.807) is 0 Å². The van der Waals surface area contributed by atoms with Crippen LogP contribution in [-0.4, -0.2) is 66.2 Å². The minimum atomic E-state index is 0.119. The Morgan fingerprint density at radius 3 is 2.42 bits per heavy atom. The molecule has 1 aromatic rings. The lowest BCUT2D eigenvalue weighted by Crippen LogP contribution is -2.49. The minimum Gasteiger partial charge on any atom is -0.341 e. The van der Waals surface area contributed by atoms with Crippen LogP contribution in [0.5, 0.6) is 0 Å². The highest BCUT2D eigenvalue weighted by atomic mass is 16.2. The average Bonchev–Trinajstić information content (AvgIpc) is 3.46. The Morgan fingerprint density at radius 2 is 1.74 bits per heavy atom. The third-order valence-corrected chi connectivity index (χ3v) is 7.95. The molecule has 0 aromatic heterocycles. The third kappa shape index (κ3) is 3.91. The molecule has 2 atom stereocenters. The van der Waals surface area contributed by atoms with Crippen LogP contribution in [0.25, 0.3) is 0 Å². The molecular formula is C25H33N3O3. The fourth-order valence-corrected chi connectivity index (χ4v) is 6.19. The summed E-state index contributed by atoms with van der Waals surface area (Å²) in [6.45, 7) is 5.99. The Kier molecular flexibility index (Phi) is 5.59. The zero-order chi connectivity index (χ0) is 21.5. The number of carbonyl (C=O) groups excluding carboxylic acids is 3. The monoisotopic (exact) mass is 423 g/mol. The van der Waals surface area contributed by atoms with Crippen molar-refractivity contribution in [1.82, 2.24) is 9.80 Å². The summed E-state index contributed by atoms with van der Waals surface area (Å²) in [7, 11) is 0. The Hall–Kier alpha value is -2.21. The fraction of sp³-hybridized carbons (Fsp3) is 0.640. The van der Waals surface area contributed by atoms with Crippen molar-refractivity contribution in [3.05, 3.63) is 29.3 Å². The summed E-state index contributed by atoms with van der Waals surface area (Å²) >= 11 is 0. The number of benzene rings is 1. The fourth-order valence-electron chi connectivity index (χ4n) is 6.19. The van der Waals surface area contributed by atoms with Crippen LogP contribution in [0.4, 0.5) is 5.69 Å². The number of hydrogen-bond acceptors (Lipinski definition) is 4. The second-order valence-electron chi connectivity index (χ2n) is 9.82. The van der Waals surface area contributed by atoms with Crippen LogP contribution in [-0.2, 0) is 16.0 Å². The third-order valence-electron chi connectivity index (χ3n) is 7.95. The number of piperidine rings is 1. The van der Waals surface area contributed by atoms with Gasteiger partial charge in [0, 0.05) is 49.9 Å². The number of likely N-dealkylation sites (tertiary alicyclic amines) is 2. The summed E-state index contributed by atoms with van der Waals surface area (Å²) in [5.74, 6) is 2.01. The van der Waals surface area contributed by atoms with Gasteiger partial charge in [0.05, 0.1) is 13.0 Å². The summed E-state index contributed by atoms with van der Waals surface area (Å²) in [5.41, 5.74) is 2.65. The van der Waals surface area contributed by atoms with Gasteiger partial charge in [0.1, 0.15) is 0 Å². The van der Waals surface area contributed by atoms with Crippen LogP contribution in [0.1, 0.15) is 61.4 Å². The zero-order valence-corrected chi connectivity index (χ0v) is 18.5. The van der Waals surface area contributed by atoms with Gasteiger partial charge in [-0.1, -0.05) is 13.3 Å². The first kappa shape index (κ1) is 20.7. The number of Topliss-reactive ketones (excluding diaryl/α,β-unsaturated/α-hetero) is 1. The van der Waals surface area contributed by atoms with Crippen LogP contribution < -0.4 is 4.90 Å². The molecule has 4 aliphatic rings. The standard InChI is InChI=1S/C25H33N3O3/c1-2-23(29)17-6-7-22-20(12-17)13-24(30)28(22)21-8-10-26(11-9-21)16-25(31)27-14-18-4-3-5-19(18)15-27/h6-7,12,18-19,21H,2-5,8-11,13-16H2,1H3/t18-,19+. The number of anilines is 1. The molecule has 6 nitrogen and oxygen atoms in total. The first-order chi connectivity index (χ1) is 15.0. The van der Waals surface area contributed by atoms with Crippen molar-refractivity contribution < 1.29 is 14.4 Å². The first-order valence-corrected chi connectivity index (χ1v) is 12.0. The Balaban J connectivity index is 1.17. The van der Waals surface area contributed by atoms with Gasteiger partial charge in [0.2, 0.25) is 11.8 Å². The van der Waals surface area contributed by atoms with Crippen molar-refractivity contribution in [3.63, 3.8) is 0 Å². The maximum atomic E-state index is 12.8. The van der Waals surface area contributed by atoms with Crippen molar-refractivity contribution in [2.24, 2.45) is 11.8 Å². The van der Waals surface area contributed by atoms with Crippen molar-refractivity contribution in [3.8, 4) is 0 Å². The van der Waals surface area contributed by atoms with Gasteiger partial charge < -0.3 is 9.80 Å². The van der Waals surface area contributed by atoms with Gasteiger partial charge in [-0.3, -0.25) is 19.3 Å². The van der Waals surface area contributed by atoms with Crippen molar-refractivity contribution >= 4 is 23.3 Å². The van der Waals surface area contributed by atoms with Crippen molar-refractivity contribution in [1.29, 1.82) is 0 Å². The molecule has 0 radical (unpaired) electrons. The molecular weight excluding hydrogens is 390 g/mol. The maximum absolute atomic E-state index is 12.8. The van der Waals surface area contributed by atoms with Crippen LogP contribution in [0.3, 0.4) is 0 Å². The molecule has 0 N–H and O–H groups in total. The molecule has 1 aliphatic carbocycles. The zero-order valence-electron chi connectivity index (χ0n) is 18.5. The van der Waals surface area contributed by atoms with E-state index in [2.05, 4.69) is 9.80 Å². The molecule has 2 saturated heterocycles. The molecule has 1 saturated carbocycles. The highest BCUT2D eigenvalue weighted by Gasteiger charge is 2.39. The first-order valence-electron chi connectivity index (χ1n) is 12.0. The molecule has 6 heteroatoms. The quantitative estimate of drug-likeness (QED) is 0.684. The van der Waals surface area contributed by atoms with E-state index in [0.29, 0.717) is 24.9 Å². The molecule has 3 heterocycles. The molecule has 3 aliphatic heterocycles. The normalized spacial score (nSPS) is 26.4. The predicted octanol–water partition coefficient (Wildman–Crippen LogP) is 2.89. The lowest BCUT2D eigenvalue weighted by molar-refractivity contribution is -0.132. The number of rotatable bonds is 5. The second-order valence-corrected chi connectivity index (χ2v) is 9.82. The lowest BCUT2D eigenvalue weighted by Gasteiger charge is -2.37. The van der Waals surface area contributed by atoms with Gasteiger partial charge in [-0.05, 0) is 61.3 Å². The van der Waals surface area contributed by atoms with Crippen LogP contribution in [0, 0.1) is 11.8 Å². The average molecular weight is 424 g/mol. The van der Waals surface area contributed by atoms with Gasteiger partial charge in [-0.15, -0.1) is 0 Å².